The largest absolute Gasteiger partial charge is 0.309 e. The van der Waals surface area contributed by atoms with E-state index in [1.807, 2.05) is 0 Å². The molecule has 20 heavy (non-hydrogen) atoms. The van der Waals surface area contributed by atoms with Gasteiger partial charge in [-0.2, -0.15) is 0 Å². The quantitative estimate of drug-likeness (QED) is 0.736. The summed E-state index contributed by atoms with van der Waals surface area (Å²) in [7, 11) is 2.30. The number of benzene rings is 1. The van der Waals surface area contributed by atoms with Crippen LogP contribution in [-0.4, -0.2) is 31.1 Å². The molecule has 0 saturated heterocycles. The van der Waals surface area contributed by atoms with Gasteiger partial charge in [-0.15, -0.1) is 0 Å². The topological polar surface area (TPSA) is 15.3 Å². The van der Waals surface area contributed by atoms with Crippen molar-refractivity contribution in [2.75, 3.05) is 20.1 Å². The lowest BCUT2D eigenvalue weighted by atomic mass is 9.95. The van der Waals surface area contributed by atoms with Gasteiger partial charge < -0.3 is 10.2 Å². The highest BCUT2D eigenvalue weighted by atomic mass is 15.2. The minimum Gasteiger partial charge on any atom is -0.309 e. The molecule has 1 N–H and O–H groups in total. The molecule has 0 aliphatic heterocycles. The average Bonchev–Trinajstić information content (AvgIpc) is 3.28. The average molecular weight is 274 g/mol. The zero-order chi connectivity index (χ0) is 14.4. The van der Waals surface area contributed by atoms with Crippen LogP contribution in [0.1, 0.15) is 51.1 Å². The molecule has 1 saturated carbocycles. The van der Waals surface area contributed by atoms with Crippen LogP contribution < -0.4 is 5.32 Å². The Kier molecular flexibility index (Phi) is 6.06. The molecule has 2 heteroatoms. The summed E-state index contributed by atoms with van der Waals surface area (Å²) in [5.41, 5.74) is 1.43. The van der Waals surface area contributed by atoms with Crippen LogP contribution in [0.3, 0.4) is 0 Å². The highest BCUT2D eigenvalue weighted by Gasteiger charge is 2.29. The summed E-state index contributed by atoms with van der Waals surface area (Å²) in [4.78, 5) is 2.58. The van der Waals surface area contributed by atoms with E-state index < -0.39 is 0 Å². The summed E-state index contributed by atoms with van der Waals surface area (Å²) in [5.74, 6) is 0.955. The lowest BCUT2D eigenvalue weighted by Gasteiger charge is -2.35. The van der Waals surface area contributed by atoms with Crippen molar-refractivity contribution >= 4 is 0 Å². The van der Waals surface area contributed by atoms with Gasteiger partial charge in [0.05, 0.1) is 0 Å². The summed E-state index contributed by atoms with van der Waals surface area (Å²) >= 11 is 0. The smallest absolute Gasteiger partial charge is 0.0477 e. The third kappa shape index (κ3) is 4.32. The van der Waals surface area contributed by atoms with Gasteiger partial charge in [0.15, 0.2) is 0 Å². The summed E-state index contributed by atoms with van der Waals surface area (Å²) in [6.45, 7) is 6.91. The van der Waals surface area contributed by atoms with E-state index in [0.29, 0.717) is 12.1 Å². The molecule has 0 aromatic heterocycles. The molecule has 2 rings (SSSR count). The van der Waals surface area contributed by atoms with Crippen molar-refractivity contribution in [2.45, 2.75) is 51.6 Å². The maximum absolute atomic E-state index is 3.77. The minimum atomic E-state index is 0.449. The van der Waals surface area contributed by atoms with Gasteiger partial charge in [0, 0.05) is 18.6 Å². The monoisotopic (exact) mass is 274 g/mol. The van der Waals surface area contributed by atoms with E-state index in [1.54, 1.807) is 0 Å². The number of nitrogens with zero attached hydrogens (tertiary/aromatic N) is 1. The van der Waals surface area contributed by atoms with E-state index in [9.17, 15) is 0 Å². The molecular weight excluding hydrogens is 244 g/mol. The van der Waals surface area contributed by atoms with E-state index in [0.717, 1.165) is 12.5 Å². The van der Waals surface area contributed by atoms with E-state index in [4.69, 9.17) is 0 Å². The molecule has 112 valence electrons. The normalized spacial score (nSPS) is 18.2. The maximum atomic E-state index is 3.77. The van der Waals surface area contributed by atoms with Crippen molar-refractivity contribution in [2.24, 2.45) is 5.92 Å². The number of nitrogens with one attached hydrogen (secondary N) is 1. The zero-order valence-electron chi connectivity index (χ0n) is 13.3. The van der Waals surface area contributed by atoms with Crippen LogP contribution in [0.5, 0.6) is 0 Å². The molecule has 2 nitrogen and oxygen atoms in total. The highest BCUT2D eigenvalue weighted by molar-refractivity contribution is 5.20. The Morgan fingerprint density at radius 1 is 1.20 bits per heavy atom. The molecule has 2 atom stereocenters. The fourth-order valence-electron chi connectivity index (χ4n) is 3.08. The number of rotatable bonds is 9. The van der Waals surface area contributed by atoms with Gasteiger partial charge in [-0.3, -0.25) is 0 Å². The molecule has 2 unspecified atom stereocenters. The van der Waals surface area contributed by atoms with Crippen molar-refractivity contribution in [3.05, 3.63) is 35.9 Å². The van der Waals surface area contributed by atoms with Crippen LogP contribution in [0.4, 0.5) is 0 Å². The second-order valence-corrected chi connectivity index (χ2v) is 6.20. The van der Waals surface area contributed by atoms with Crippen LogP contribution >= 0.6 is 0 Å². The third-order valence-electron chi connectivity index (χ3n) is 4.39. The van der Waals surface area contributed by atoms with Crippen molar-refractivity contribution in [3.8, 4) is 0 Å². The fraction of sp³-hybridized carbons (Fsp3) is 0.667. The van der Waals surface area contributed by atoms with Crippen molar-refractivity contribution in [1.82, 2.24) is 10.2 Å². The Bertz CT molecular complexity index is 372. The predicted octanol–water partition coefficient (Wildman–Crippen LogP) is 3.85. The SMILES string of the molecule is CCCNC(c1ccccc1)C(CC)N(C)CC1CC1. The Balaban J connectivity index is 2.09. The molecule has 1 fully saturated rings. The van der Waals surface area contributed by atoms with Crippen LogP contribution in [0, 0.1) is 5.92 Å². The van der Waals surface area contributed by atoms with Gasteiger partial charge in [-0.25, -0.2) is 0 Å². The molecule has 1 aliphatic rings. The first-order valence-electron chi connectivity index (χ1n) is 8.24. The van der Waals surface area contributed by atoms with Crippen LogP contribution in [0.2, 0.25) is 0 Å². The van der Waals surface area contributed by atoms with Gasteiger partial charge >= 0.3 is 0 Å². The van der Waals surface area contributed by atoms with E-state index in [2.05, 4.69) is 61.4 Å². The second-order valence-electron chi connectivity index (χ2n) is 6.20. The van der Waals surface area contributed by atoms with Crippen LogP contribution in [-0.2, 0) is 0 Å². The Hall–Kier alpha value is -0.860. The van der Waals surface area contributed by atoms with Gasteiger partial charge in [0.2, 0.25) is 0 Å². The summed E-state index contributed by atoms with van der Waals surface area (Å²) < 4.78 is 0. The Morgan fingerprint density at radius 2 is 1.90 bits per heavy atom. The number of hydrogen-bond donors (Lipinski definition) is 1. The molecule has 1 aliphatic carbocycles. The van der Waals surface area contributed by atoms with Gasteiger partial charge in [-0.1, -0.05) is 44.2 Å². The first-order chi connectivity index (χ1) is 9.76. The molecule has 1 aromatic rings. The Morgan fingerprint density at radius 3 is 2.45 bits per heavy atom. The van der Waals surface area contributed by atoms with E-state index in [-0.39, 0.29) is 0 Å². The summed E-state index contributed by atoms with van der Waals surface area (Å²) in [6.07, 6.45) is 5.24. The van der Waals surface area contributed by atoms with Crippen molar-refractivity contribution in [3.63, 3.8) is 0 Å². The first kappa shape index (κ1) is 15.5. The van der Waals surface area contributed by atoms with Crippen molar-refractivity contribution in [1.29, 1.82) is 0 Å². The van der Waals surface area contributed by atoms with Gasteiger partial charge in [-0.05, 0) is 50.8 Å². The second kappa shape index (κ2) is 7.80. The third-order valence-corrected chi connectivity index (χ3v) is 4.39. The summed E-state index contributed by atoms with van der Waals surface area (Å²) in [5, 5.41) is 3.77. The van der Waals surface area contributed by atoms with Crippen LogP contribution in [0.25, 0.3) is 0 Å². The maximum Gasteiger partial charge on any atom is 0.0477 e. The zero-order valence-corrected chi connectivity index (χ0v) is 13.3. The van der Waals surface area contributed by atoms with E-state index >= 15 is 0 Å². The van der Waals surface area contributed by atoms with Crippen LogP contribution in [0.15, 0.2) is 30.3 Å². The minimum absolute atomic E-state index is 0.449. The first-order valence-corrected chi connectivity index (χ1v) is 8.24. The lowest BCUT2D eigenvalue weighted by molar-refractivity contribution is 0.179. The number of likely N-dealkylation sites (N-methyl/N-ethyl adjacent to an activating group) is 1. The molecule has 0 spiro atoms. The van der Waals surface area contributed by atoms with E-state index in [1.165, 1.54) is 37.8 Å². The summed E-state index contributed by atoms with van der Waals surface area (Å²) in [6, 6.07) is 12.0. The molecular formula is C18H30N2. The highest BCUT2D eigenvalue weighted by Crippen LogP contribution is 2.32. The molecule has 0 radical (unpaired) electrons. The molecule has 1 aromatic carbocycles. The van der Waals surface area contributed by atoms with Crippen molar-refractivity contribution < 1.29 is 0 Å². The standard InChI is InChI=1S/C18H30N2/c1-4-13-19-18(16-9-7-6-8-10-16)17(5-2)20(3)14-15-11-12-15/h6-10,15,17-19H,4-5,11-14H2,1-3H3. The van der Waals surface area contributed by atoms with Gasteiger partial charge in [0.25, 0.3) is 0 Å². The predicted molar refractivity (Wildman–Crippen MR) is 86.9 cm³/mol. The number of hydrogen-bond acceptors (Lipinski definition) is 2. The molecule has 0 heterocycles. The van der Waals surface area contributed by atoms with Gasteiger partial charge in [0.1, 0.15) is 0 Å². The Labute approximate surface area is 124 Å². The molecule has 0 amide bonds. The fourth-order valence-corrected chi connectivity index (χ4v) is 3.08. The molecule has 0 bridgehead atoms. The lowest BCUT2D eigenvalue weighted by Crippen LogP contribution is -2.43.